The minimum Gasteiger partial charge on any atom is -0.328 e. The minimum absolute atomic E-state index is 0.0259. The van der Waals surface area contributed by atoms with Crippen molar-refractivity contribution in [1.82, 2.24) is 4.98 Å². The van der Waals surface area contributed by atoms with Gasteiger partial charge in [-0.25, -0.2) is 8.42 Å². The summed E-state index contributed by atoms with van der Waals surface area (Å²) in [6.45, 7) is 0. The maximum Gasteiger partial charge on any atom is 0.263 e. The predicted molar refractivity (Wildman–Crippen MR) is 69.3 cm³/mol. The number of hydrogen-bond donors (Lipinski definition) is 2. The third-order valence-electron chi connectivity index (χ3n) is 2.14. The molecule has 2 N–H and O–H groups in total. The number of anilines is 1. The van der Waals surface area contributed by atoms with E-state index in [-0.39, 0.29) is 10.5 Å². The van der Waals surface area contributed by atoms with Crippen molar-refractivity contribution in [1.29, 1.82) is 0 Å². The van der Waals surface area contributed by atoms with Gasteiger partial charge in [-0.3, -0.25) is 9.52 Å². The molecule has 0 atom stereocenters. The second kappa shape index (κ2) is 4.83. The minimum atomic E-state index is -3.73. The van der Waals surface area contributed by atoms with Crippen LogP contribution in [0.15, 0.2) is 52.3 Å². The molecular formula is C11H9ClN2O3S. The van der Waals surface area contributed by atoms with Crippen LogP contribution in [0.25, 0.3) is 0 Å². The SMILES string of the molecule is O=c1ccc(S(=O)(=O)Nc2cccc(Cl)c2)c[nH]1. The van der Waals surface area contributed by atoms with Gasteiger partial charge in [0.1, 0.15) is 4.90 Å². The molecule has 0 aliphatic carbocycles. The summed E-state index contributed by atoms with van der Waals surface area (Å²) in [4.78, 5) is 13.1. The molecule has 0 bridgehead atoms. The summed E-state index contributed by atoms with van der Waals surface area (Å²) >= 11 is 5.76. The number of halogens is 1. The Hall–Kier alpha value is -1.79. The number of hydrogen-bond acceptors (Lipinski definition) is 3. The van der Waals surface area contributed by atoms with Gasteiger partial charge in [-0.1, -0.05) is 17.7 Å². The first kappa shape index (κ1) is 12.7. The Bertz CT molecular complexity index is 705. The summed E-state index contributed by atoms with van der Waals surface area (Å²) in [5.74, 6) is 0. The number of H-pyrrole nitrogens is 1. The van der Waals surface area contributed by atoms with Gasteiger partial charge in [-0.05, 0) is 24.3 Å². The van der Waals surface area contributed by atoms with Crippen molar-refractivity contribution in [2.75, 3.05) is 4.72 Å². The number of rotatable bonds is 3. The summed E-state index contributed by atoms with van der Waals surface area (Å²) in [5.41, 5.74) is -0.00888. The standard InChI is InChI=1S/C11H9ClN2O3S/c12-8-2-1-3-9(6-8)14-18(16,17)10-4-5-11(15)13-7-10/h1-7,14H,(H,13,15). The molecule has 1 heterocycles. The Morgan fingerprint density at radius 3 is 2.56 bits per heavy atom. The molecule has 1 aromatic carbocycles. The molecule has 0 fully saturated rings. The highest BCUT2D eigenvalue weighted by atomic mass is 35.5. The molecule has 0 unspecified atom stereocenters. The van der Waals surface area contributed by atoms with Gasteiger partial charge in [0.05, 0.1) is 5.69 Å². The van der Waals surface area contributed by atoms with Gasteiger partial charge in [0, 0.05) is 17.3 Å². The van der Waals surface area contributed by atoms with Crippen molar-refractivity contribution in [3.63, 3.8) is 0 Å². The predicted octanol–water partition coefficient (Wildman–Crippen LogP) is 1.83. The van der Waals surface area contributed by atoms with Crippen LogP contribution in [0.1, 0.15) is 0 Å². The second-order valence-electron chi connectivity index (χ2n) is 3.50. The van der Waals surface area contributed by atoms with E-state index in [9.17, 15) is 13.2 Å². The monoisotopic (exact) mass is 284 g/mol. The molecule has 0 amide bonds. The van der Waals surface area contributed by atoms with Crippen molar-refractivity contribution in [3.8, 4) is 0 Å². The highest BCUT2D eigenvalue weighted by Crippen LogP contribution is 2.18. The van der Waals surface area contributed by atoms with Crippen molar-refractivity contribution < 1.29 is 8.42 Å². The lowest BCUT2D eigenvalue weighted by molar-refractivity contribution is 0.600. The maximum absolute atomic E-state index is 11.9. The fourth-order valence-corrected chi connectivity index (χ4v) is 2.54. The van der Waals surface area contributed by atoms with Crippen LogP contribution in [0, 0.1) is 0 Å². The summed E-state index contributed by atoms with van der Waals surface area (Å²) in [6.07, 6.45) is 1.13. The van der Waals surface area contributed by atoms with E-state index < -0.39 is 10.0 Å². The lowest BCUT2D eigenvalue weighted by Crippen LogP contribution is -2.15. The molecule has 0 aliphatic rings. The number of pyridine rings is 1. The third-order valence-corrected chi connectivity index (χ3v) is 3.76. The van der Waals surface area contributed by atoms with Crippen molar-refractivity contribution in [2.45, 2.75) is 4.90 Å². The van der Waals surface area contributed by atoms with E-state index >= 15 is 0 Å². The number of benzene rings is 1. The Morgan fingerprint density at radius 2 is 1.94 bits per heavy atom. The van der Waals surface area contributed by atoms with Crippen LogP contribution in [0.3, 0.4) is 0 Å². The number of nitrogens with one attached hydrogen (secondary N) is 2. The van der Waals surface area contributed by atoms with Gasteiger partial charge in [-0.2, -0.15) is 0 Å². The first-order valence-corrected chi connectivity index (χ1v) is 6.81. The topological polar surface area (TPSA) is 79.0 Å². The Labute approximate surface area is 108 Å². The van der Waals surface area contributed by atoms with Crippen LogP contribution >= 0.6 is 11.6 Å². The summed E-state index contributed by atoms with van der Waals surface area (Å²) < 4.78 is 26.3. The molecule has 1 aromatic heterocycles. The zero-order valence-corrected chi connectivity index (χ0v) is 10.6. The van der Waals surface area contributed by atoms with E-state index in [1.165, 1.54) is 12.1 Å². The average molecular weight is 285 g/mol. The van der Waals surface area contributed by atoms with Crippen LogP contribution in [0.2, 0.25) is 5.02 Å². The van der Waals surface area contributed by atoms with Gasteiger partial charge in [-0.15, -0.1) is 0 Å². The van der Waals surface area contributed by atoms with E-state index in [2.05, 4.69) is 9.71 Å². The first-order chi connectivity index (χ1) is 8.47. The Morgan fingerprint density at radius 1 is 1.17 bits per heavy atom. The molecular weight excluding hydrogens is 276 g/mol. The van der Waals surface area contributed by atoms with Crippen molar-refractivity contribution in [2.24, 2.45) is 0 Å². The van der Waals surface area contributed by atoms with Gasteiger partial charge in [0.15, 0.2) is 0 Å². The van der Waals surface area contributed by atoms with E-state index in [1.807, 2.05) is 0 Å². The summed E-state index contributed by atoms with van der Waals surface area (Å²) in [6, 6.07) is 8.71. The summed E-state index contributed by atoms with van der Waals surface area (Å²) in [7, 11) is -3.73. The Balaban J connectivity index is 2.33. The largest absolute Gasteiger partial charge is 0.328 e. The first-order valence-electron chi connectivity index (χ1n) is 4.94. The quantitative estimate of drug-likeness (QED) is 0.902. The number of aromatic nitrogens is 1. The fraction of sp³-hybridized carbons (Fsp3) is 0. The highest BCUT2D eigenvalue weighted by Gasteiger charge is 2.14. The second-order valence-corrected chi connectivity index (χ2v) is 5.62. The van der Waals surface area contributed by atoms with E-state index in [0.29, 0.717) is 10.7 Å². The lowest BCUT2D eigenvalue weighted by atomic mass is 10.3. The lowest BCUT2D eigenvalue weighted by Gasteiger charge is -2.07. The van der Waals surface area contributed by atoms with Crippen LogP contribution in [-0.4, -0.2) is 13.4 Å². The van der Waals surface area contributed by atoms with Crippen LogP contribution in [0.5, 0.6) is 0 Å². The third kappa shape index (κ3) is 2.91. The maximum atomic E-state index is 11.9. The Kier molecular flexibility index (Phi) is 3.40. The van der Waals surface area contributed by atoms with Gasteiger partial charge >= 0.3 is 0 Å². The molecule has 18 heavy (non-hydrogen) atoms. The van der Waals surface area contributed by atoms with Crippen molar-refractivity contribution in [3.05, 3.63) is 58.0 Å². The molecule has 0 aliphatic heterocycles. The average Bonchev–Trinajstić information content (AvgIpc) is 2.29. The highest BCUT2D eigenvalue weighted by molar-refractivity contribution is 7.92. The van der Waals surface area contributed by atoms with Crippen molar-refractivity contribution >= 4 is 27.3 Å². The molecule has 0 radical (unpaired) electrons. The molecule has 0 spiro atoms. The van der Waals surface area contributed by atoms with E-state index in [1.54, 1.807) is 18.2 Å². The molecule has 5 nitrogen and oxygen atoms in total. The normalized spacial score (nSPS) is 11.2. The van der Waals surface area contributed by atoms with E-state index in [0.717, 1.165) is 12.3 Å². The van der Waals surface area contributed by atoms with Gasteiger partial charge in [0.25, 0.3) is 10.0 Å². The van der Waals surface area contributed by atoms with Crippen LogP contribution < -0.4 is 10.3 Å². The smallest absolute Gasteiger partial charge is 0.263 e. The van der Waals surface area contributed by atoms with Crippen LogP contribution in [-0.2, 0) is 10.0 Å². The summed E-state index contributed by atoms with van der Waals surface area (Å²) in [5, 5.41) is 0.427. The molecule has 94 valence electrons. The molecule has 7 heteroatoms. The molecule has 0 saturated carbocycles. The molecule has 2 rings (SSSR count). The molecule has 0 saturated heterocycles. The number of sulfonamides is 1. The van der Waals surface area contributed by atoms with E-state index in [4.69, 9.17) is 11.6 Å². The van der Waals surface area contributed by atoms with Crippen LogP contribution in [0.4, 0.5) is 5.69 Å². The fourth-order valence-electron chi connectivity index (χ4n) is 1.33. The number of aromatic amines is 1. The van der Waals surface area contributed by atoms with Gasteiger partial charge in [0.2, 0.25) is 5.56 Å². The zero-order chi connectivity index (χ0) is 13.2. The molecule has 2 aromatic rings. The van der Waals surface area contributed by atoms with Gasteiger partial charge < -0.3 is 4.98 Å². The zero-order valence-electron chi connectivity index (χ0n) is 9.05.